The molecule has 2 aliphatic carbocycles. The largest absolute Gasteiger partial charge is 0.390 e. The first-order valence-electron chi connectivity index (χ1n) is 11.9. The van der Waals surface area contributed by atoms with Crippen LogP contribution in [0.15, 0.2) is 41.8 Å². The molecule has 3 heterocycles. The molecule has 0 aliphatic heterocycles. The van der Waals surface area contributed by atoms with Gasteiger partial charge in [-0.1, -0.05) is 54.2 Å². The lowest BCUT2D eigenvalue weighted by Gasteiger charge is -2.17. The smallest absolute Gasteiger partial charge is 0.191 e. The van der Waals surface area contributed by atoms with Crippen molar-refractivity contribution in [1.82, 2.24) is 40.1 Å². The summed E-state index contributed by atoms with van der Waals surface area (Å²) in [7, 11) is 0. The lowest BCUT2D eigenvalue weighted by Crippen LogP contribution is -2.29. The van der Waals surface area contributed by atoms with Crippen LogP contribution in [0.1, 0.15) is 55.5 Å². The Morgan fingerprint density at radius 3 is 2.71 bits per heavy atom. The van der Waals surface area contributed by atoms with Crippen molar-refractivity contribution in [2.45, 2.75) is 67.5 Å². The molecule has 2 fully saturated rings. The summed E-state index contributed by atoms with van der Waals surface area (Å²) in [6.07, 6.45) is 1.87. The number of aliphatic hydroxyl groups excluding tert-OH is 2. The lowest BCUT2D eigenvalue weighted by atomic mass is 10.1. The number of hydrogen-bond donors (Lipinski definition) is 4. The Kier molecular flexibility index (Phi) is 5.86. The third-order valence-electron chi connectivity index (χ3n) is 6.83. The molecular weight excluding hydrogens is 466 g/mol. The Morgan fingerprint density at radius 1 is 1.09 bits per heavy atom. The molecule has 0 saturated heterocycles. The molecule has 0 radical (unpaired) electrons. The average Bonchev–Trinajstić information content (AvgIpc) is 3.19. The minimum Gasteiger partial charge on any atom is -0.390 e. The fourth-order valence-electron chi connectivity index (χ4n) is 4.91. The standard InChI is InChI=1S/C23H27N9O2S/c1-2-8-35-23-27-21(26-15-9-13(15)12-6-4-3-5-7-12)17-22(28-23)32(31-29-17)16-10-14(18(33)19(16)34)20-24-11-25-30-20/h3-7,11,13-16,18-19,33-34H,2,8-10H2,1H3,(H,24,25,30)(H,26,27,28)/t13?,14-,15?,16+,18+,19-/m0/s1. The molecule has 12 heteroatoms. The van der Waals surface area contributed by atoms with Crippen molar-refractivity contribution >= 4 is 28.7 Å². The predicted molar refractivity (Wildman–Crippen MR) is 130 cm³/mol. The highest BCUT2D eigenvalue weighted by molar-refractivity contribution is 7.99. The van der Waals surface area contributed by atoms with Crippen molar-refractivity contribution in [3.05, 3.63) is 48.0 Å². The minimum atomic E-state index is -1.04. The molecule has 0 spiro atoms. The summed E-state index contributed by atoms with van der Waals surface area (Å²) in [6.45, 7) is 2.12. The molecule has 1 aromatic carbocycles. The first-order valence-corrected chi connectivity index (χ1v) is 12.9. The second-order valence-corrected chi connectivity index (χ2v) is 10.2. The van der Waals surface area contributed by atoms with Crippen LogP contribution in [0.4, 0.5) is 5.82 Å². The molecule has 0 bridgehead atoms. The van der Waals surface area contributed by atoms with Gasteiger partial charge >= 0.3 is 0 Å². The van der Waals surface area contributed by atoms with Gasteiger partial charge in [-0.25, -0.2) is 14.6 Å². The topological polar surface area (TPSA) is 151 Å². The maximum absolute atomic E-state index is 10.9. The second-order valence-electron chi connectivity index (χ2n) is 9.18. The number of aliphatic hydroxyl groups is 2. The van der Waals surface area contributed by atoms with Gasteiger partial charge < -0.3 is 20.5 Å². The molecule has 0 amide bonds. The summed E-state index contributed by atoms with van der Waals surface area (Å²) in [5.74, 6) is 2.13. The number of aromatic amines is 1. The summed E-state index contributed by atoms with van der Waals surface area (Å²) < 4.78 is 1.63. The van der Waals surface area contributed by atoms with Crippen LogP contribution in [0.5, 0.6) is 0 Å². The number of nitrogens with zero attached hydrogens (tertiary/aromatic N) is 7. The zero-order chi connectivity index (χ0) is 23.9. The first-order chi connectivity index (χ1) is 17.1. The highest BCUT2D eigenvalue weighted by atomic mass is 32.2. The molecule has 6 rings (SSSR count). The Morgan fingerprint density at radius 2 is 1.94 bits per heavy atom. The summed E-state index contributed by atoms with van der Waals surface area (Å²) in [5, 5.41) is 42.4. The number of H-pyrrole nitrogens is 1. The quantitative estimate of drug-likeness (QED) is 0.212. The SMILES string of the molecule is CCCSc1nc(NC2CC2c2ccccc2)c2nnn([C@@H]3C[C@H](c4nnc[nH]4)[C@@H](O)[C@H]3O)c2n1. The van der Waals surface area contributed by atoms with Gasteiger partial charge in [-0.2, -0.15) is 0 Å². The van der Waals surface area contributed by atoms with Crippen molar-refractivity contribution in [3.8, 4) is 0 Å². The number of nitrogens with one attached hydrogen (secondary N) is 2. The molecule has 2 unspecified atom stereocenters. The Bertz CT molecular complexity index is 1300. The Balaban J connectivity index is 1.32. The van der Waals surface area contributed by atoms with Crippen molar-refractivity contribution < 1.29 is 10.2 Å². The van der Waals surface area contributed by atoms with E-state index in [0.717, 1.165) is 18.6 Å². The van der Waals surface area contributed by atoms with E-state index in [2.05, 4.69) is 62.0 Å². The first kappa shape index (κ1) is 22.4. The highest BCUT2D eigenvalue weighted by Gasteiger charge is 2.46. The highest BCUT2D eigenvalue weighted by Crippen LogP contribution is 2.44. The van der Waals surface area contributed by atoms with E-state index in [0.29, 0.717) is 40.3 Å². The normalized spacial score (nSPS) is 28.0. The van der Waals surface area contributed by atoms with Crippen molar-refractivity contribution in [1.29, 1.82) is 0 Å². The molecule has 4 N–H and O–H groups in total. The molecular formula is C23H27N9O2S. The lowest BCUT2D eigenvalue weighted by molar-refractivity contribution is 0.0146. The van der Waals surface area contributed by atoms with Gasteiger partial charge in [0.25, 0.3) is 0 Å². The van der Waals surface area contributed by atoms with Crippen LogP contribution in [0, 0.1) is 0 Å². The number of benzene rings is 1. The van der Waals surface area contributed by atoms with E-state index in [9.17, 15) is 10.2 Å². The summed E-state index contributed by atoms with van der Waals surface area (Å²) in [5.41, 5.74) is 2.42. The predicted octanol–water partition coefficient (Wildman–Crippen LogP) is 2.26. The van der Waals surface area contributed by atoms with Gasteiger partial charge in [-0.3, -0.25) is 0 Å². The third-order valence-corrected chi connectivity index (χ3v) is 7.88. The minimum absolute atomic E-state index is 0.263. The van der Waals surface area contributed by atoms with Crippen LogP contribution in [0.25, 0.3) is 11.2 Å². The van der Waals surface area contributed by atoms with Crippen LogP contribution in [-0.4, -0.2) is 74.4 Å². The molecule has 3 aromatic heterocycles. The maximum Gasteiger partial charge on any atom is 0.191 e. The van der Waals surface area contributed by atoms with E-state index < -0.39 is 18.2 Å². The maximum atomic E-state index is 10.9. The average molecular weight is 494 g/mol. The van der Waals surface area contributed by atoms with E-state index in [-0.39, 0.29) is 12.0 Å². The molecule has 6 atom stereocenters. The molecule has 182 valence electrons. The van der Waals surface area contributed by atoms with Crippen LogP contribution in [0.2, 0.25) is 0 Å². The summed E-state index contributed by atoms with van der Waals surface area (Å²) in [4.78, 5) is 12.5. The zero-order valence-corrected chi connectivity index (χ0v) is 20.0. The molecule has 11 nitrogen and oxygen atoms in total. The molecule has 4 aromatic rings. The van der Waals surface area contributed by atoms with Gasteiger partial charge in [-0.05, 0) is 24.8 Å². The molecule has 35 heavy (non-hydrogen) atoms. The van der Waals surface area contributed by atoms with E-state index in [1.165, 1.54) is 11.9 Å². The molecule has 2 aliphatic rings. The van der Waals surface area contributed by atoms with Gasteiger partial charge in [0.05, 0.1) is 12.1 Å². The number of thioether (sulfide) groups is 1. The van der Waals surface area contributed by atoms with Crippen LogP contribution in [0.3, 0.4) is 0 Å². The zero-order valence-electron chi connectivity index (χ0n) is 19.2. The number of aromatic nitrogens is 8. The fourth-order valence-corrected chi connectivity index (χ4v) is 5.60. The second kappa shape index (κ2) is 9.17. The van der Waals surface area contributed by atoms with E-state index in [1.54, 1.807) is 16.4 Å². The van der Waals surface area contributed by atoms with Gasteiger partial charge in [0, 0.05) is 23.6 Å². The van der Waals surface area contributed by atoms with Gasteiger partial charge in [0.2, 0.25) is 0 Å². The van der Waals surface area contributed by atoms with Gasteiger partial charge in [0.15, 0.2) is 22.1 Å². The fraction of sp³-hybridized carbons (Fsp3) is 0.478. The number of fused-ring (bicyclic) bond motifs is 1. The van der Waals surface area contributed by atoms with Crippen molar-refractivity contribution in [2.75, 3.05) is 11.1 Å². The number of hydrogen-bond acceptors (Lipinski definition) is 10. The van der Waals surface area contributed by atoms with E-state index in [4.69, 9.17) is 9.97 Å². The van der Waals surface area contributed by atoms with Crippen LogP contribution in [-0.2, 0) is 0 Å². The van der Waals surface area contributed by atoms with Gasteiger partial charge in [0.1, 0.15) is 18.3 Å². The van der Waals surface area contributed by atoms with Crippen LogP contribution >= 0.6 is 11.8 Å². The number of rotatable bonds is 8. The summed E-state index contributed by atoms with van der Waals surface area (Å²) >= 11 is 1.58. The molecule has 2 saturated carbocycles. The summed E-state index contributed by atoms with van der Waals surface area (Å²) in [6, 6.07) is 10.2. The third kappa shape index (κ3) is 4.15. The van der Waals surface area contributed by atoms with Gasteiger partial charge in [-0.15, -0.1) is 15.3 Å². The van der Waals surface area contributed by atoms with Crippen molar-refractivity contribution in [2.24, 2.45) is 0 Å². The van der Waals surface area contributed by atoms with E-state index >= 15 is 0 Å². The Hall–Kier alpha value is -3.09. The van der Waals surface area contributed by atoms with Crippen LogP contribution < -0.4 is 5.32 Å². The number of anilines is 1. The van der Waals surface area contributed by atoms with Crippen molar-refractivity contribution in [3.63, 3.8) is 0 Å². The van der Waals surface area contributed by atoms with E-state index in [1.807, 2.05) is 6.07 Å². The Labute approximate surface area is 205 Å². The monoisotopic (exact) mass is 493 g/mol.